The summed E-state index contributed by atoms with van der Waals surface area (Å²) < 4.78 is 5.37. The van der Waals surface area contributed by atoms with E-state index in [4.69, 9.17) is 4.74 Å². The number of allylic oxidation sites excluding steroid dienone is 1. The minimum Gasteiger partial charge on any atom is -0.378 e. The number of hydrogen-bond donors (Lipinski definition) is 0. The van der Waals surface area contributed by atoms with E-state index in [0.717, 1.165) is 13.2 Å². The molecule has 1 fully saturated rings. The van der Waals surface area contributed by atoms with Crippen LogP contribution in [-0.4, -0.2) is 31.2 Å². The first-order valence-corrected chi connectivity index (χ1v) is 5.90. The van der Waals surface area contributed by atoms with Crippen molar-refractivity contribution in [2.45, 2.75) is 39.5 Å². The van der Waals surface area contributed by atoms with E-state index in [0.29, 0.717) is 0 Å². The first-order valence-electron chi connectivity index (χ1n) is 5.90. The average molecular weight is 197 g/mol. The van der Waals surface area contributed by atoms with Crippen LogP contribution in [0.25, 0.3) is 0 Å². The van der Waals surface area contributed by atoms with E-state index in [9.17, 15) is 0 Å². The van der Waals surface area contributed by atoms with Crippen molar-refractivity contribution >= 4 is 0 Å². The highest BCUT2D eigenvalue weighted by Gasteiger charge is 2.13. The molecule has 0 aromatic carbocycles. The van der Waals surface area contributed by atoms with Crippen LogP contribution in [0.1, 0.15) is 39.5 Å². The van der Waals surface area contributed by atoms with Crippen LogP contribution in [0, 0.1) is 0 Å². The Hall–Kier alpha value is -0.500. The highest BCUT2D eigenvalue weighted by molar-refractivity contribution is 5.02. The Balaban J connectivity index is 2.39. The van der Waals surface area contributed by atoms with Crippen LogP contribution in [0.4, 0.5) is 0 Å². The van der Waals surface area contributed by atoms with E-state index >= 15 is 0 Å². The third kappa shape index (κ3) is 3.70. The van der Waals surface area contributed by atoms with Gasteiger partial charge in [-0.3, -0.25) is 0 Å². The average Bonchev–Trinajstić information content (AvgIpc) is 2.70. The largest absolute Gasteiger partial charge is 0.378 e. The standard InChI is InChI=1S/C12H23NO/c1-3-7-12(8-11-14-4-2)13-9-5-6-10-13/h8H,3-7,9-11H2,1-2H3/b12-8+. The summed E-state index contributed by atoms with van der Waals surface area (Å²) in [7, 11) is 0. The first-order chi connectivity index (χ1) is 6.88. The van der Waals surface area contributed by atoms with Crippen LogP contribution < -0.4 is 0 Å². The third-order valence-corrected chi connectivity index (χ3v) is 2.66. The van der Waals surface area contributed by atoms with Crippen LogP contribution in [0.15, 0.2) is 11.8 Å². The maximum atomic E-state index is 5.37. The van der Waals surface area contributed by atoms with Crippen LogP contribution in [0.2, 0.25) is 0 Å². The molecule has 14 heavy (non-hydrogen) atoms. The molecule has 0 spiro atoms. The van der Waals surface area contributed by atoms with Gasteiger partial charge in [-0.2, -0.15) is 0 Å². The summed E-state index contributed by atoms with van der Waals surface area (Å²) in [5, 5.41) is 0. The molecule has 0 N–H and O–H groups in total. The zero-order valence-corrected chi connectivity index (χ0v) is 9.59. The van der Waals surface area contributed by atoms with E-state index in [-0.39, 0.29) is 0 Å². The highest BCUT2D eigenvalue weighted by atomic mass is 16.5. The second-order valence-corrected chi connectivity index (χ2v) is 3.80. The number of likely N-dealkylation sites (tertiary alicyclic amines) is 1. The lowest BCUT2D eigenvalue weighted by molar-refractivity contribution is 0.175. The summed E-state index contributed by atoms with van der Waals surface area (Å²) in [6.45, 7) is 8.38. The van der Waals surface area contributed by atoms with Gasteiger partial charge in [-0.05, 0) is 32.3 Å². The molecule has 2 heteroatoms. The fourth-order valence-corrected chi connectivity index (χ4v) is 1.92. The normalized spacial score (nSPS) is 17.9. The van der Waals surface area contributed by atoms with E-state index in [1.165, 1.54) is 44.5 Å². The van der Waals surface area contributed by atoms with Crippen LogP contribution in [0.3, 0.4) is 0 Å². The second-order valence-electron chi connectivity index (χ2n) is 3.80. The fourth-order valence-electron chi connectivity index (χ4n) is 1.92. The number of rotatable bonds is 6. The molecule has 1 aliphatic heterocycles. The van der Waals surface area contributed by atoms with Gasteiger partial charge < -0.3 is 9.64 Å². The monoisotopic (exact) mass is 197 g/mol. The van der Waals surface area contributed by atoms with E-state index < -0.39 is 0 Å². The molecule has 0 radical (unpaired) electrons. The Morgan fingerprint density at radius 1 is 1.29 bits per heavy atom. The lowest BCUT2D eigenvalue weighted by Gasteiger charge is -2.21. The maximum Gasteiger partial charge on any atom is 0.0666 e. The molecule has 1 rings (SSSR count). The van der Waals surface area contributed by atoms with Crippen molar-refractivity contribution in [2.24, 2.45) is 0 Å². The van der Waals surface area contributed by atoms with E-state index in [2.05, 4.69) is 17.9 Å². The van der Waals surface area contributed by atoms with Crippen molar-refractivity contribution in [1.29, 1.82) is 0 Å². The van der Waals surface area contributed by atoms with Crippen molar-refractivity contribution in [3.63, 3.8) is 0 Å². The second kappa shape index (κ2) is 6.88. The topological polar surface area (TPSA) is 12.5 Å². The lowest BCUT2D eigenvalue weighted by atomic mass is 10.2. The summed E-state index contributed by atoms with van der Waals surface area (Å²) in [5.74, 6) is 0. The molecule has 82 valence electrons. The SMILES string of the molecule is CCC/C(=C\COCC)N1CCCC1. The Bertz CT molecular complexity index is 171. The Morgan fingerprint density at radius 3 is 2.57 bits per heavy atom. The molecule has 1 aliphatic rings. The van der Waals surface area contributed by atoms with Gasteiger partial charge >= 0.3 is 0 Å². The van der Waals surface area contributed by atoms with Gasteiger partial charge in [0.2, 0.25) is 0 Å². The zero-order chi connectivity index (χ0) is 10.2. The van der Waals surface area contributed by atoms with Gasteiger partial charge in [0.1, 0.15) is 0 Å². The van der Waals surface area contributed by atoms with Crippen LogP contribution in [0.5, 0.6) is 0 Å². The molecule has 0 amide bonds. The summed E-state index contributed by atoms with van der Waals surface area (Å²) in [6, 6.07) is 0. The van der Waals surface area contributed by atoms with Gasteiger partial charge in [-0.15, -0.1) is 0 Å². The molecule has 0 saturated carbocycles. The quantitative estimate of drug-likeness (QED) is 0.607. The molecule has 0 aliphatic carbocycles. The van der Waals surface area contributed by atoms with Gasteiger partial charge in [-0.25, -0.2) is 0 Å². The van der Waals surface area contributed by atoms with Crippen molar-refractivity contribution in [1.82, 2.24) is 4.90 Å². The van der Waals surface area contributed by atoms with E-state index in [1.807, 2.05) is 6.92 Å². The molecular weight excluding hydrogens is 174 g/mol. The minimum atomic E-state index is 0.780. The lowest BCUT2D eigenvalue weighted by Crippen LogP contribution is -2.19. The van der Waals surface area contributed by atoms with Gasteiger partial charge in [0.15, 0.2) is 0 Å². The Morgan fingerprint density at radius 2 is 2.00 bits per heavy atom. The third-order valence-electron chi connectivity index (χ3n) is 2.66. The Kier molecular flexibility index (Phi) is 5.69. The summed E-state index contributed by atoms with van der Waals surface area (Å²) >= 11 is 0. The fraction of sp³-hybridized carbons (Fsp3) is 0.833. The van der Waals surface area contributed by atoms with Crippen molar-refractivity contribution in [2.75, 3.05) is 26.3 Å². The van der Waals surface area contributed by atoms with Crippen molar-refractivity contribution < 1.29 is 4.74 Å². The van der Waals surface area contributed by atoms with Gasteiger partial charge in [0, 0.05) is 25.4 Å². The van der Waals surface area contributed by atoms with Crippen molar-refractivity contribution in [3.05, 3.63) is 11.8 Å². The van der Waals surface area contributed by atoms with Crippen LogP contribution >= 0.6 is 0 Å². The molecule has 0 aromatic rings. The molecule has 0 bridgehead atoms. The maximum absolute atomic E-state index is 5.37. The molecule has 0 atom stereocenters. The highest BCUT2D eigenvalue weighted by Crippen LogP contribution is 2.18. The summed E-state index contributed by atoms with van der Waals surface area (Å²) in [6.07, 6.45) is 7.41. The van der Waals surface area contributed by atoms with Gasteiger partial charge in [0.05, 0.1) is 6.61 Å². The van der Waals surface area contributed by atoms with Crippen LogP contribution in [-0.2, 0) is 4.74 Å². The minimum absolute atomic E-state index is 0.780. The molecular formula is C12H23NO. The zero-order valence-electron chi connectivity index (χ0n) is 9.59. The molecule has 1 heterocycles. The number of ether oxygens (including phenoxy) is 1. The predicted octanol–water partition coefficient (Wildman–Crippen LogP) is 2.80. The molecule has 1 saturated heterocycles. The number of nitrogens with zero attached hydrogens (tertiary/aromatic N) is 1. The Labute approximate surface area is 87.9 Å². The van der Waals surface area contributed by atoms with E-state index in [1.54, 1.807) is 0 Å². The smallest absolute Gasteiger partial charge is 0.0666 e. The summed E-state index contributed by atoms with van der Waals surface area (Å²) in [5.41, 5.74) is 1.50. The first kappa shape index (κ1) is 11.6. The summed E-state index contributed by atoms with van der Waals surface area (Å²) in [4.78, 5) is 2.52. The predicted molar refractivity (Wildman–Crippen MR) is 60.3 cm³/mol. The van der Waals surface area contributed by atoms with Crippen molar-refractivity contribution in [3.8, 4) is 0 Å². The molecule has 0 aromatic heterocycles. The number of hydrogen-bond acceptors (Lipinski definition) is 2. The molecule has 2 nitrogen and oxygen atoms in total. The van der Waals surface area contributed by atoms with Gasteiger partial charge in [0.25, 0.3) is 0 Å². The van der Waals surface area contributed by atoms with Gasteiger partial charge in [-0.1, -0.05) is 13.3 Å². The molecule has 0 unspecified atom stereocenters.